The Morgan fingerprint density at radius 2 is 1.74 bits per heavy atom. The molecule has 0 heterocycles. The molecule has 0 radical (unpaired) electrons. The Balaban J connectivity index is 1.84. The summed E-state index contributed by atoms with van der Waals surface area (Å²) in [4.78, 5) is 23.3. The number of hydrogen-bond acceptors (Lipinski definition) is 3. The molecule has 3 N–H and O–H groups in total. The summed E-state index contributed by atoms with van der Waals surface area (Å²) in [7, 11) is 0. The molecule has 0 saturated heterocycles. The van der Waals surface area contributed by atoms with E-state index in [9.17, 15) is 19.8 Å². The summed E-state index contributed by atoms with van der Waals surface area (Å²) in [5.41, 5.74) is 0. The van der Waals surface area contributed by atoms with Gasteiger partial charge in [0.2, 0.25) is 5.91 Å². The molecular formula is C14H23NO4. The van der Waals surface area contributed by atoms with Crippen molar-refractivity contribution in [3.8, 4) is 0 Å². The highest BCUT2D eigenvalue weighted by Crippen LogP contribution is 2.38. The fourth-order valence-corrected chi connectivity index (χ4v) is 3.28. The highest BCUT2D eigenvalue weighted by Gasteiger charge is 2.42. The maximum atomic E-state index is 12.1. The van der Waals surface area contributed by atoms with Crippen LogP contribution in [0.5, 0.6) is 0 Å². The van der Waals surface area contributed by atoms with Crippen LogP contribution in [0.2, 0.25) is 0 Å². The summed E-state index contributed by atoms with van der Waals surface area (Å²) in [6, 6.07) is 0. The van der Waals surface area contributed by atoms with Crippen LogP contribution in [0.3, 0.4) is 0 Å². The number of aliphatic hydroxyl groups excluding tert-OH is 1. The van der Waals surface area contributed by atoms with Gasteiger partial charge in [-0.15, -0.1) is 0 Å². The molecule has 0 bridgehead atoms. The van der Waals surface area contributed by atoms with Crippen molar-refractivity contribution in [3.63, 3.8) is 0 Å². The summed E-state index contributed by atoms with van der Waals surface area (Å²) >= 11 is 0. The second kappa shape index (κ2) is 5.90. The highest BCUT2D eigenvalue weighted by molar-refractivity contribution is 5.85. The number of aliphatic carboxylic acids is 1. The van der Waals surface area contributed by atoms with Crippen molar-refractivity contribution < 1.29 is 19.8 Å². The first-order valence-electron chi connectivity index (χ1n) is 7.19. The topological polar surface area (TPSA) is 86.6 Å². The maximum Gasteiger partial charge on any atom is 0.307 e. The normalized spacial score (nSPS) is 37.7. The van der Waals surface area contributed by atoms with Crippen LogP contribution in [0.15, 0.2) is 0 Å². The smallest absolute Gasteiger partial charge is 0.307 e. The molecule has 0 aliphatic heterocycles. The number of amides is 1. The molecule has 0 aromatic carbocycles. The molecule has 2 saturated carbocycles. The second-order valence-corrected chi connectivity index (χ2v) is 6.03. The van der Waals surface area contributed by atoms with Crippen molar-refractivity contribution in [2.24, 2.45) is 23.7 Å². The van der Waals surface area contributed by atoms with E-state index in [0.717, 1.165) is 19.3 Å². The number of nitrogens with one attached hydrogen (secondary N) is 1. The van der Waals surface area contributed by atoms with Gasteiger partial charge in [-0.05, 0) is 37.5 Å². The average Bonchev–Trinajstić information content (AvgIpc) is 2.77. The molecule has 2 rings (SSSR count). The second-order valence-electron chi connectivity index (χ2n) is 6.03. The highest BCUT2D eigenvalue weighted by atomic mass is 16.4. The molecule has 0 spiro atoms. The lowest BCUT2D eigenvalue weighted by atomic mass is 9.82. The summed E-state index contributed by atoms with van der Waals surface area (Å²) in [5.74, 6) is -1.18. The summed E-state index contributed by atoms with van der Waals surface area (Å²) in [6.07, 6.45) is 3.50. The van der Waals surface area contributed by atoms with Crippen LogP contribution in [0, 0.1) is 23.7 Å². The molecule has 1 unspecified atom stereocenters. The van der Waals surface area contributed by atoms with Crippen molar-refractivity contribution >= 4 is 11.9 Å². The van der Waals surface area contributed by atoms with Gasteiger partial charge < -0.3 is 15.5 Å². The predicted octanol–water partition coefficient (Wildman–Crippen LogP) is 1.01. The minimum Gasteiger partial charge on any atom is -0.481 e. The lowest BCUT2D eigenvalue weighted by molar-refractivity contribution is -0.146. The Hall–Kier alpha value is -1.10. The number of carboxylic acids is 1. The van der Waals surface area contributed by atoms with E-state index in [1.807, 2.05) is 6.92 Å². The van der Waals surface area contributed by atoms with Crippen molar-refractivity contribution in [2.45, 2.75) is 45.1 Å². The maximum absolute atomic E-state index is 12.1. The van der Waals surface area contributed by atoms with E-state index in [0.29, 0.717) is 31.2 Å². The van der Waals surface area contributed by atoms with Crippen LogP contribution in [0.1, 0.15) is 39.0 Å². The Labute approximate surface area is 113 Å². The van der Waals surface area contributed by atoms with E-state index in [2.05, 4.69) is 5.32 Å². The van der Waals surface area contributed by atoms with Crippen LogP contribution in [-0.4, -0.2) is 34.7 Å². The number of carboxylic acid groups (broad SMARTS) is 1. The number of rotatable bonds is 5. The van der Waals surface area contributed by atoms with E-state index < -0.39 is 11.9 Å². The lowest BCUT2D eigenvalue weighted by Crippen LogP contribution is -2.42. The van der Waals surface area contributed by atoms with Crippen LogP contribution < -0.4 is 5.32 Å². The standard InChI is InChI=1S/C14H23NO4/c1-2-8-5-11(12(6-8)14(18)19)13(17)15-7-9-3-10(16)4-9/h8-12,16H,2-7H2,1H3,(H,15,17)(H,18,19)/t8?,9?,10?,11-,12+/m0/s1. The number of hydrogen-bond donors (Lipinski definition) is 3. The largest absolute Gasteiger partial charge is 0.481 e. The van der Waals surface area contributed by atoms with Gasteiger partial charge in [-0.25, -0.2) is 0 Å². The minimum atomic E-state index is -0.852. The lowest BCUT2D eigenvalue weighted by Gasteiger charge is -2.31. The molecule has 1 amide bonds. The van der Waals surface area contributed by atoms with Crippen LogP contribution in [0.25, 0.3) is 0 Å². The van der Waals surface area contributed by atoms with Crippen LogP contribution >= 0.6 is 0 Å². The summed E-state index contributed by atoms with van der Waals surface area (Å²) in [5, 5.41) is 21.3. The van der Waals surface area contributed by atoms with E-state index in [4.69, 9.17) is 0 Å². The molecule has 0 aromatic heterocycles. The first kappa shape index (κ1) is 14.3. The first-order chi connectivity index (χ1) is 9.01. The average molecular weight is 269 g/mol. The van der Waals surface area contributed by atoms with Gasteiger partial charge in [0, 0.05) is 6.54 Å². The molecule has 108 valence electrons. The molecule has 19 heavy (non-hydrogen) atoms. The molecule has 2 aliphatic rings. The van der Waals surface area contributed by atoms with E-state index in [1.54, 1.807) is 0 Å². The monoisotopic (exact) mass is 269 g/mol. The van der Waals surface area contributed by atoms with Crippen LogP contribution in [-0.2, 0) is 9.59 Å². The Morgan fingerprint density at radius 3 is 2.26 bits per heavy atom. The van der Waals surface area contributed by atoms with Gasteiger partial charge in [-0.2, -0.15) is 0 Å². The SMILES string of the molecule is CCC1C[C@H](C(=O)NCC2CC(O)C2)[C@H](C(=O)O)C1. The minimum absolute atomic E-state index is 0.121. The zero-order valence-corrected chi connectivity index (χ0v) is 11.3. The van der Waals surface area contributed by atoms with Crippen molar-refractivity contribution in [1.82, 2.24) is 5.32 Å². The fraction of sp³-hybridized carbons (Fsp3) is 0.857. The van der Waals surface area contributed by atoms with Gasteiger partial charge in [0.25, 0.3) is 0 Å². The zero-order chi connectivity index (χ0) is 14.0. The third kappa shape index (κ3) is 3.26. The molecule has 5 heteroatoms. The van der Waals surface area contributed by atoms with Gasteiger partial charge >= 0.3 is 5.97 Å². The van der Waals surface area contributed by atoms with Crippen molar-refractivity contribution in [3.05, 3.63) is 0 Å². The Morgan fingerprint density at radius 1 is 1.11 bits per heavy atom. The zero-order valence-electron chi connectivity index (χ0n) is 11.3. The predicted molar refractivity (Wildman–Crippen MR) is 69.4 cm³/mol. The molecule has 5 nitrogen and oxygen atoms in total. The van der Waals surface area contributed by atoms with E-state index in [-0.39, 0.29) is 17.9 Å². The van der Waals surface area contributed by atoms with Crippen molar-refractivity contribution in [1.29, 1.82) is 0 Å². The van der Waals surface area contributed by atoms with Gasteiger partial charge in [0.1, 0.15) is 0 Å². The van der Waals surface area contributed by atoms with E-state index >= 15 is 0 Å². The fourth-order valence-electron chi connectivity index (χ4n) is 3.28. The Kier molecular flexibility index (Phi) is 4.45. The Bertz CT molecular complexity index is 351. The first-order valence-corrected chi connectivity index (χ1v) is 7.19. The number of aliphatic hydroxyl groups is 1. The quantitative estimate of drug-likeness (QED) is 0.695. The molecule has 3 atom stereocenters. The molecular weight excluding hydrogens is 246 g/mol. The van der Waals surface area contributed by atoms with E-state index in [1.165, 1.54) is 0 Å². The number of carbonyl (C=O) groups excluding carboxylic acids is 1. The van der Waals surface area contributed by atoms with Gasteiger partial charge in [-0.3, -0.25) is 9.59 Å². The van der Waals surface area contributed by atoms with Crippen LogP contribution in [0.4, 0.5) is 0 Å². The molecule has 2 aliphatic carbocycles. The number of carbonyl (C=O) groups is 2. The molecule has 2 fully saturated rings. The van der Waals surface area contributed by atoms with Gasteiger partial charge in [0.05, 0.1) is 17.9 Å². The summed E-state index contributed by atoms with van der Waals surface area (Å²) in [6.45, 7) is 2.61. The summed E-state index contributed by atoms with van der Waals surface area (Å²) < 4.78 is 0. The van der Waals surface area contributed by atoms with Gasteiger partial charge in [-0.1, -0.05) is 13.3 Å². The third-order valence-corrected chi connectivity index (χ3v) is 4.67. The third-order valence-electron chi connectivity index (χ3n) is 4.67. The van der Waals surface area contributed by atoms with Gasteiger partial charge in [0.15, 0.2) is 0 Å². The molecule has 0 aromatic rings. The van der Waals surface area contributed by atoms with Crippen molar-refractivity contribution in [2.75, 3.05) is 6.54 Å².